The molecular formula is C31H33NO7. The van der Waals surface area contributed by atoms with Gasteiger partial charge in [-0.3, -0.25) is 4.79 Å². The Bertz CT molecular complexity index is 1380. The van der Waals surface area contributed by atoms with Crippen LogP contribution in [0.3, 0.4) is 0 Å². The van der Waals surface area contributed by atoms with Gasteiger partial charge in [-0.25, -0.2) is 0 Å². The van der Waals surface area contributed by atoms with Gasteiger partial charge < -0.3 is 34.1 Å². The quantitative estimate of drug-likeness (QED) is 0.335. The maximum Gasteiger partial charge on any atom is 0.312 e. The molecule has 1 heterocycles. The lowest BCUT2D eigenvalue weighted by Gasteiger charge is -2.48. The normalized spacial score (nSPS) is 26.9. The molecule has 3 aromatic rings. The second kappa shape index (κ2) is 9.94. The number of fused-ring (bicyclic) bond motifs is 3. The number of esters is 1. The van der Waals surface area contributed by atoms with Crippen molar-refractivity contribution in [3.8, 4) is 17.2 Å². The molecule has 0 aromatic heterocycles. The Morgan fingerprint density at radius 1 is 0.974 bits per heavy atom. The molecule has 0 amide bonds. The lowest BCUT2D eigenvalue weighted by Crippen LogP contribution is -2.57. The highest BCUT2D eigenvalue weighted by molar-refractivity contribution is 5.83. The van der Waals surface area contributed by atoms with Gasteiger partial charge in [0, 0.05) is 24.6 Å². The van der Waals surface area contributed by atoms with Crippen molar-refractivity contribution in [2.75, 3.05) is 39.9 Å². The van der Waals surface area contributed by atoms with Crippen LogP contribution in [-0.4, -0.2) is 57.3 Å². The van der Waals surface area contributed by atoms with Crippen LogP contribution in [0, 0.1) is 5.92 Å². The highest BCUT2D eigenvalue weighted by Crippen LogP contribution is 2.72. The predicted molar refractivity (Wildman–Crippen MR) is 146 cm³/mol. The molecule has 1 aliphatic heterocycles. The van der Waals surface area contributed by atoms with E-state index in [2.05, 4.69) is 6.58 Å². The SMILES string of the molecule is C=CCN1c2cc(OC)cc(OC)c2[C@]2(O)[C@H](O)[C@H](C(=O)OC)[C@@H](c3ccccc3)[C@]12c1ccc(OC)cc1. The molecular weight excluding hydrogens is 498 g/mol. The number of carbonyl (C=O) groups excluding carboxylic acids is 1. The minimum absolute atomic E-state index is 0.279. The minimum Gasteiger partial charge on any atom is -0.497 e. The summed E-state index contributed by atoms with van der Waals surface area (Å²) in [4.78, 5) is 15.5. The van der Waals surface area contributed by atoms with Crippen LogP contribution in [0.1, 0.15) is 22.6 Å². The van der Waals surface area contributed by atoms with Gasteiger partial charge in [0.25, 0.3) is 0 Å². The van der Waals surface area contributed by atoms with E-state index in [-0.39, 0.29) is 6.54 Å². The first kappa shape index (κ1) is 26.6. The van der Waals surface area contributed by atoms with Crippen LogP contribution >= 0.6 is 0 Å². The Balaban J connectivity index is 1.97. The van der Waals surface area contributed by atoms with Crippen LogP contribution in [0.5, 0.6) is 17.2 Å². The molecule has 0 spiro atoms. The number of nitrogens with zero attached hydrogens (tertiary/aromatic N) is 1. The molecule has 1 aliphatic carbocycles. The van der Waals surface area contributed by atoms with E-state index >= 15 is 0 Å². The number of anilines is 1. The van der Waals surface area contributed by atoms with Gasteiger partial charge in [-0.2, -0.15) is 0 Å². The molecule has 0 bridgehead atoms. The first-order chi connectivity index (χ1) is 18.8. The zero-order valence-electron chi connectivity index (χ0n) is 22.5. The molecule has 8 heteroatoms. The summed E-state index contributed by atoms with van der Waals surface area (Å²) in [6, 6.07) is 20.2. The summed E-state index contributed by atoms with van der Waals surface area (Å²) in [7, 11) is 5.92. The fraction of sp³-hybridized carbons (Fsp3) is 0.323. The van der Waals surface area contributed by atoms with E-state index in [1.54, 1.807) is 38.5 Å². The summed E-state index contributed by atoms with van der Waals surface area (Å²) >= 11 is 0. The summed E-state index contributed by atoms with van der Waals surface area (Å²) in [5, 5.41) is 25.3. The molecule has 5 rings (SSSR count). The number of aliphatic hydroxyl groups excluding tert-OH is 1. The van der Waals surface area contributed by atoms with Crippen LogP contribution in [0.15, 0.2) is 79.4 Å². The topological polar surface area (TPSA) is 97.7 Å². The Morgan fingerprint density at radius 3 is 2.21 bits per heavy atom. The van der Waals surface area contributed by atoms with Gasteiger partial charge in [0.05, 0.1) is 45.6 Å². The number of methoxy groups -OCH3 is 4. The van der Waals surface area contributed by atoms with E-state index in [0.717, 1.165) is 5.56 Å². The van der Waals surface area contributed by atoms with E-state index in [1.165, 1.54) is 14.2 Å². The number of ether oxygens (including phenoxy) is 4. The average Bonchev–Trinajstić information content (AvgIpc) is 3.33. The molecule has 0 radical (unpaired) electrons. The van der Waals surface area contributed by atoms with Gasteiger partial charge >= 0.3 is 5.97 Å². The number of hydrogen-bond donors (Lipinski definition) is 2. The first-order valence-electron chi connectivity index (χ1n) is 12.7. The van der Waals surface area contributed by atoms with Crippen molar-refractivity contribution < 1.29 is 34.0 Å². The third-order valence-corrected chi connectivity index (χ3v) is 8.24. The van der Waals surface area contributed by atoms with Crippen LogP contribution < -0.4 is 19.1 Å². The average molecular weight is 532 g/mol. The molecule has 2 N–H and O–H groups in total. The van der Waals surface area contributed by atoms with E-state index in [0.29, 0.717) is 34.1 Å². The van der Waals surface area contributed by atoms with Gasteiger partial charge in [0.1, 0.15) is 34.5 Å². The fourth-order valence-corrected chi connectivity index (χ4v) is 6.80. The zero-order valence-corrected chi connectivity index (χ0v) is 22.5. The molecule has 39 heavy (non-hydrogen) atoms. The summed E-state index contributed by atoms with van der Waals surface area (Å²) < 4.78 is 22.0. The van der Waals surface area contributed by atoms with E-state index in [1.807, 2.05) is 53.4 Å². The Labute approximate surface area is 228 Å². The minimum atomic E-state index is -2.02. The van der Waals surface area contributed by atoms with Crippen LogP contribution in [0.25, 0.3) is 0 Å². The molecule has 1 fully saturated rings. The lowest BCUT2D eigenvalue weighted by atomic mass is 9.68. The van der Waals surface area contributed by atoms with Crippen molar-refractivity contribution in [1.82, 2.24) is 0 Å². The molecule has 3 aromatic carbocycles. The number of aliphatic hydroxyl groups is 2. The van der Waals surface area contributed by atoms with Crippen LogP contribution in [0.2, 0.25) is 0 Å². The number of rotatable bonds is 8. The van der Waals surface area contributed by atoms with Crippen molar-refractivity contribution in [2.45, 2.75) is 23.2 Å². The first-order valence-corrected chi connectivity index (χ1v) is 12.7. The number of hydrogen-bond acceptors (Lipinski definition) is 8. The fourth-order valence-electron chi connectivity index (χ4n) is 6.80. The van der Waals surface area contributed by atoms with Crippen LogP contribution in [-0.2, 0) is 20.7 Å². The molecule has 8 nitrogen and oxygen atoms in total. The number of carbonyl (C=O) groups is 1. The van der Waals surface area contributed by atoms with E-state index < -0.39 is 35.0 Å². The van der Waals surface area contributed by atoms with Gasteiger partial charge in [0.15, 0.2) is 0 Å². The molecule has 5 atom stereocenters. The zero-order chi connectivity index (χ0) is 27.9. The Kier molecular flexibility index (Phi) is 6.78. The molecule has 204 valence electrons. The van der Waals surface area contributed by atoms with Crippen molar-refractivity contribution >= 4 is 11.7 Å². The summed E-state index contributed by atoms with van der Waals surface area (Å²) in [6.45, 7) is 4.28. The predicted octanol–water partition coefficient (Wildman–Crippen LogP) is 3.75. The second-order valence-electron chi connectivity index (χ2n) is 9.77. The standard InChI is InChI=1S/C31H33NO7/c1-6-16-32-23-17-22(37-3)18-24(38-4)27(23)31(35)28(33)25(29(34)39-5)26(19-10-8-7-9-11-19)30(31,32)20-12-14-21(36-2)15-13-20/h6-15,17-18,25-26,28,33,35H,1,16H2,2-5H3/t25-,26-,28-,30+,31+/m1/s1. The van der Waals surface area contributed by atoms with Crippen molar-refractivity contribution in [1.29, 1.82) is 0 Å². The third-order valence-electron chi connectivity index (χ3n) is 8.24. The van der Waals surface area contributed by atoms with Crippen LogP contribution in [0.4, 0.5) is 5.69 Å². The Hall–Kier alpha value is -4.01. The smallest absolute Gasteiger partial charge is 0.312 e. The van der Waals surface area contributed by atoms with Gasteiger partial charge in [0.2, 0.25) is 0 Å². The van der Waals surface area contributed by atoms with E-state index in [4.69, 9.17) is 18.9 Å². The number of benzene rings is 3. The monoisotopic (exact) mass is 531 g/mol. The molecule has 0 saturated heterocycles. The maximum absolute atomic E-state index is 13.5. The van der Waals surface area contributed by atoms with E-state index in [9.17, 15) is 15.0 Å². The Morgan fingerprint density at radius 2 is 1.64 bits per heavy atom. The van der Waals surface area contributed by atoms with Crippen molar-refractivity contribution in [3.63, 3.8) is 0 Å². The van der Waals surface area contributed by atoms with Crippen molar-refractivity contribution in [3.05, 3.63) is 96.1 Å². The van der Waals surface area contributed by atoms with Crippen molar-refractivity contribution in [2.24, 2.45) is 5.92 Å². The molecule has 0 unspecified atom stereocenters. The molecule has 1 saturated carbocycles. The summed E-state index contributed by atoms with van der Waals surface area (Å²) in [5.41, 5.74) is -1.02. The summed E-state index contributed by atoms with van der Waals surface area (Å²) in [5.74, 6) is -1.02. The largest absolute Gasteiger partial charge is 0.497 e. The van der Waals surface area contributed by atoms with Gasteiger partial charge in [-0.05, 0) is 23.3 Å². The molecule has 2 aliphatic rings. The summed E-state index contributed by atoms with van der Waals surface area (Å²) in [6.07, 6.45) is 0.167. The van der Waals surface area contributed by atoms with Gasteiger partial charge in [-0.15, -0.1) is 6.58 Å². The van der Waals surface area contributed by atoms with Gasteiger partial charge in [-0.1, -0.05) is 48.5 Å². The third kappa shape index (κ3) is 3.48. The highest BCUT2D eigenvalue weighted by atomic mass is 16.5. The second-order valence-corrected chi connectivity index (χ2v) is 9.77. The maximum atomic E-state index is 13.5. The lowest BCUT2D eigenvalue weighted by molar-refractivity contribution is -0.154. The highest BCUT2D eigenvalue weighted by Gasteiger charge is 2.78.